The molecular weight excluding hydrogens is 350 g/mol. The van der Waals surface area contributed by atoms with Gasteiger partial charge in [-0.2, -0.15) is 0 Å². The molecule has 1 heterocycles. The summed E-state index contributed by atoms with van der Waals surface area (Å²) in [5.41, 5.74) is 9.91. The summed E-state index contributed by atoms with van der Waals surface area (Å²) in [7, 11) is 0. The van der Waals surface area contributed by atoms with Crippen molar-refractivity contribution in [1.82, 2.24) is 9.55 Å². The number of halogens is 1. The summed E-state index contributed by atoms with van der Waals surface area (Å²) in [5.74, 6) is -0.677. The highest BCUT2D eigenvalue weighted by molar-refractivity contribution is 9.10. The molecule has 0 aliphatic carbocycles. The zero-order valence-electron chi connectivity index (χ0n) is 11.7. The SMILES string of the molecule is CCOC(=O)/C(=C\c1cncn1-c1ccc(Br)cc1)N=[N+]=[N-]. The van der Waals surface area contributed by atoms with Crippen molar-refractivity contribution in [2.75, 3.05) is 6.61 Å². The first-order valence-electron chi connectivity index (χ1n) is 6.38. The number of rotatable bonds is 5. The molecule has 0 aliphatic rings. The number of aromatic nitrogens is 2. The number of imidazole rings is 1. The van der Waals surface area contributed by atoms with Gasteiger partial charge in [-0.25, -0.2) is 9.78 Å². The van der Waals surface area contributed by atoms with Crippen LogP contribution in [0, 0.1) is 0 Å². The number of hydrogen-bond donors (Lipinski definition) is 0. The third-order valence-electron chi connectivity index (χ3n) is 2.69. The molecule has 1 aromatic heterocycles. The standard InChI is InChI=1S/C14H12BrN5O2/c1-2-22-14(21)13(18-19-16)7-12-8-17-9-20(12)11-5-3-10(15)4-6-11/h3-9H,2H2,1H3/b13-7+. The monoisotopic (exact) mass is 361 g/mol. The van der Waals surface area contributed by atoms with Gasteiger partial charge in [-0.05, 0) is 42.8 Å². The maximum absolute atomic E-state index is 11.8. The van der Waals surface area contributed by atoms with Gasteiger partial charge in [0.05, 0.1) is 24.8 Å². The van der Waals surface area contributed by atoms with Crippen LogP contribution in [0.15, 0.2) is 52.1 Å². The van der Waals surface area contributed by atoms with E-state index in [1.165, 1.54) is 6.08 Å². The van der Waals surface area contributed by atoms with Crippen LogP contribution in [0.4, 0.5) is 0 Å². The van der Waals surface area contributed by atoms with Gasteiger partial charge in [0.25, 0.3) is 0 Å². The van der Waals surface area contributed by atoms with E-state index in [0.717, 1.165) is 10.2 Å². The summed E-state index contributed by atoms with van der Waals surface area (Å²) in [6.45, 7) is 1.88. The largest absolute Gasteiger partial charge is 0.462 e. The average Bonchev–Trinajstić information content (AvgIpc) is 2.96. The second-order valence-electron chi connectivity index (χ2n) is 4.10. The molecule has 112 valence electrons. The fraction of sp³-hybridized carbons (Fsp3) is 0.143. The molecule has 0 aliphatic heterocycles. The van der Waals surface area contributed by atoms with Crippen LogP contribution in [-0.2, 0) is 9.53 Å². The smallest absolute Gasteiger partial charge is 0.340 e. The van der Waals surface area contributed by atoms with Crippen molar-refractivity contribution in [3.05, 3.63) is 63.1 Å². The minimum atomic E-state index is -0.677. The van der Waals surface area contributed by atoms with Crippen LogP contribution in [0.1, 0.15) is 12.6 Å². The van der Waals surface area contributed by atoms with Crippen LogP contribution in [0.2, 0.25) is 0 Å². The van der Waals surface area contributed by atoms with Crippen molar-refractivity contribution in [2.45, 2.75) is 6.92 Å². The third kappa shape index (κ3) is 3.75. The van der Waals surface area contributed by atoms with E-state index >= 15 is 0 Å². The predicted octanol–water partition coefficient (Wildman–Crippen LogP) is 3.85. The minimum Gasteiger partial charge on any atom is -0.462 e. The predicted molar refractivity (Wildman–Crippen MR) is 85.0 cm³/mol. The molecule has 8 heteroatoms. The van der Waals surface area contributed by atoms with Gasteiger partial charge < -0.3 is 4.74 Å². The van der Waals surface area contributed by atoms with Gasteiger partial charge in [0.2, 0.25) is 0 Å². The average molecular weight is 362 g/mol. The van der Waals surface area contributed by atoms with E-state index in [2.05, 4.69) is 30.9 Å². The highest BCUT2D eigenvalue weighted by Gasteiger charge is 2.11. The van der Waals surface area contributed by atoms with Crippen LogP contribution in [0.5, 0.6) is 0 Å². The molecule has 22 heavy (non-hydrogen) atoms. The van der Waals surface area contributed by atoms with Gasteiger partial charge in [-0.3, -0.25) is 4.57 Å². The topological polar surface area (TPSA) is 92.9 Å². The summed E-state index contributed by atoms with van der Waals surface area (Å²) in [6.07, 6.45) is 4.61. The third-order valence-corrected chi connectivity index (χ3v) is 3.22. The Hall–Kier alpha value is -2.57. The highest BCUT2D eigenvalue weighted by Crippen LogP contribution is 2.18. The number of hydrogen-bond acceptors (Lipinski definition) is 4. The Labute approximate surface area is 135 Å². The summed E-state index contributed by atoms with van der Waals surface area (Å²) in [6, 6.07) is 7.56. The molecule has 0 atom stereocenters. The number of esters is 1. The van der Waals surface area contributed by atoms with Crippen molar-refractivity contribution in [3.63, 3.8) is 0 Å². The molecule has 0 saturated carbocycles. The number of nitrogens with zero attached hydrogens (tertiary/aromatic N) is 5. The molecule has 0 radical (unpaired) electrons. The molecule has 1 aromatic carbocycles. The number of carbonyl (C=O) groups is 1. The first-order chi connectivity index (χ1) is 10.7. The quantitative estimate of drug-likeness (QED) is 0.266. The Balaban J connectivity index is 2.42. The van der Waals surface area contributed by atoms with E-state index in [-0.39, 0.29) is 12.3 Å². The van der Waals surface area contributed by atoms with Gasteiger partial charge in [0, 0.05) is 15.1 Å². The summed E-state index contributed by atoms with van der Waals surface area (Å²) in [4.78, 5) is 18.5. The van der Waals surface area contributed by atoms with E-state index in [1.807, 2.05) is 24.3 Å². The lowest BCUT2D eigenvalue weighted by Gasteiger charge is -2.06. The fourth-order valence-corrected chi connectivity index (χ4v) is 2.02. The minimum absolute atomic E-state index is 0.122. The lowest BCUT2D eigenvalue weighted by Crippen LogP contribution is -2.06. The maximum Gasteiger partial charge on any atom is 0.340 e. The summed E-state index contributed by atoms with van der Waals surface area (Å²) < 4.78 is 7.57. The second kappa shape index (κ2) is 7.44. The Morgan fingerprint density at radius 1 is 1.50 bits per heavy atom. The van der Waals surface area contributed by atoms with Gasteiger partial charge in [-0.1, -0.05) is 21.0 Å². The van der Waals surface area contributed by atoms with Crippen LogP contribution < -0.4 is 0 Å². The Kier molecular flexibility index (Phi) is 5.35. The molecule has 2 rings (SSSR count). The molecule has 0 unspecified atom stereocenters. The van der Waals surface area contributed by atoms with Gasteiger partial charge in [0.1, 0.15) is 5.70 Å². The molecule has 0 saturated heterocycles. The highest BCUT2D eigenvalue weighted by atomic mass is 79.9. The normalized spacial score (nSPS) is 10.9. The zero-order valence-corrected chi connectivity index (χ0v) is 13.3. The molecule has 2 aromatic rings. The summed E-state index contributed by atoms with van der Waals surface area (Å²) >= 11 is 3.37. The van der Waals surface area contributed by atoms with Crippen molar-refractivity contribution in [2.24, 2.45) is 5.11 Å². The van der Waals surface area contributed by atoms with Crippen molar-refractivity contribution in [1.29, 1.82) is 0 Å². The molecule has 0 spiro atoms. The lowest BCUT2D eigenvalue weighted by molar-refractivity contribution is -0.138. The van der Waals surface area contributed by atoms with Crippen molar-refractivity contribution in [3.8, 4) is 5.69 Å². The zero-order chi connectivity index (χ0) is 15.9. The first-order valence-corrected chi connectivity index (χ1v) is 7.17. The number of ether oxygens (including phenoxy) is 1. The Morgan fingerprint density at radius 3 is 2.86 bits per heavy atom. The fourth-order valence-electron chi connectivity index (χ4n) is 1.75. The van der Waals surface area contributed by atoms with Gasteiger partial charge >= 0.3 is 5.97 Å². The molecule has 7 nitrogen and oxygen atoms in total. The number of azide groups is 1. The summed E-state index contributed by atoms with van der Waals surface area (Å²) in [5, 5.41) is 3.38. The van der Waals surface area contributed by atoms with E-state index < -0.39 is 5.97 Å². The first kappa shape index (κ1) is 15.8. The van der Waals surface area contributed by atoms with Crippen molar-refractivity contribution < 1.29 is 9.53 Å². The molecule has 0 fully saturated rings. The van der Waals surface area contributed by atoms with E-state index in [1.54, 1.807) is 24.0 Å². The Bertz CT molecular complexity index is 745. The number of carbonyl (C=O) groups excluding carboxylic acids is 1. The molecule has 0 N–H and O–H groups in total. The van der Waals surface area contributed by atoms with Crippen LogP contribution in [-0.4, -0.2) is 22.1 Å². The van der Waals surface area contributed by atoms with Gasteiger partial charge in [0.15, 0.2) is 0 Å². The van der Waals surface area contributed by atoms with E-state index in [9.17, 15) is 4.79 Å². The lowest BCUT2D eigenvalue weighted by atomic mass is 10.3. The van der Waals surface area contributed by atoms with Crippen LogP contribution >= 0.6 is 15.9 Å². The Morgan fingerprint density at radius 2 is 2.23 bits per heavy atom. The van der Waals surface area contributed by atoms with Crippen LogP contribution in [0.3, 0.4) is 0 Å². The van der Waals surface area contributed by atoms with Crippen LogP contribution in [0.25, 0.3) is 22.2 Å². The molecule has 0 amide bonds. The second-order valence-corrected chi connectivity index (χ2v) is 5.02. The van der Waals surface area contributed by atoms with E-state index in [4.69, 9.17) is 10.3 Å². The molecule has 0 bridgehead atoms. The molecular formula is C14H12BrN5O2. The van der Waals surface area contributed by atoms with Crippen molar-refractivity contribution >= 4 is 28.0 Å². The van der Waals surface area contributed by atoms with E-state index in [0.29, 0.717) is 5.69 Å². The maximum atomic E-state index is 11.8. The van der Waals surface area contributed by atoms with Gasteiger partial charge in [-0.15, -0.1) is 0 Å². The number of benzene rings is 1.